The Kier molecular flexibility index (Phi) is 8.27. The maximum Gasteiger partial charge on any atom is 0.347 e. The topological polar surface area (TPSA) is 200 Å². The van der Waals surface area contributed by atoms with Crippen molar-refractivity contribution in [3.8, 4) is 5.75 Å². The summed E-state index contributed by atoms with van der Waals surface area (Å²) in [6.07, 6.45) is 2.00. The number of β-lactam (4-membered cyclic amide) rings is 1. The van der Waals surface area contributed by atoms with E-state index < -0.39 is 47.0 Å². The number of ether oxygens (including phenoxy) is 1. The van der Waals surface area contributed by atoms with Gasteiger partial charge in [0.2, 0.25) is 12.3 Å². The summed E-state index contributed by atoms with van der Waals surface area (Å²) in [7, 11) is 1.51. The molecule has 2 aromatic heterocycles. The summed E-state index contributed by atoms with van der Waals surface area (Å²) in [5.41, 5.74) is 5.16. The van der Waals surface area contributed by atoms with Gasteiger partial charge in [-0.2, -0.15) is 4.57 Å². The van der Waals surface area contributed by atoms with E-state index in [1.807, 2.05) is 0 Å². The number of halogens is 1. The van der Waals surface area contributed by atoms with Crippen molar-refractivity contribution < 1.29 is 43.5 Å². The molecule has 0 aliphatic carbocycles. The van der Waals surface area contributed by atoms with Crippen molar-refractivity contribution >= 4 is 69.3 Å². The number of amides is 2. The zero-order chi connectivity index (χ0) is 28.4. The minimum Gasteiger partial charge on any atom is -0.543 e. The summed E-state index contributed by atoms with van der Waals surface area (Å²) in [4.78, 5) is 59.3. The molecule has 2 amide bonds. The van der Waals surface area contributed by atoms with Gasteiger partial charge in [0.1, 0.15) is 21.4 Å². The number of methoxy groups -OCH3 is 1. The number of nitrogen functional groups attached to an aromatic ring is 1. The number of carbonyl (C=O) groups excluding carboxylic acids is 3. The number of nitrogens with zero attached hydrogens (tertiary/aromatic N) is 4. The molecule has 2 aromatic rings. The highest BCUT2D eigenvalue weighted by Crippen LogP contribution is 2.40. The molecule has 0 unspecified atom stereocenters. The van der Waals surface area contributed by atoms with Crippen molar-refractivity contribution in [2.24, 2.45) is 5.16 Å². The van der Waals surface area contributed by atoms with Gasteiger partial charge in [0.25, 0.3) is 11.8 Å². The molecule has 39 heavy (non-hydrogen) atoms. The Bertz CT molecular complexity index is 1410. The lowest BCUT2D eigenvalue weighted by atomic mass is 10.0. The summed E-state index contributed by atoms with van der Waals surface area (Å²) in [5, 5.41) is 26.5. The van der Waals surface area contributed by atoms with Crippen molar-refractivity contribution in [3.63, 3.8) is 0 Å². The van der Waals surface area contributed by atoms with Crippen molar-refractivity contribution in [1.82, 2.24) is 15.2 Å². The number of oxime groups is 1. The first-order valence-electron chi connectivity index (χ1n) is 11.1. The van der Waals surface area contributed by atoms with E-state index in [0.29, 0.717) is 11.3 Å². The van der Waals surface area contributed by atoms with Crippen LogP contribution in [0.4, 0.5) is 5.13 Å². The average Bonchev–Trinajstić information content (AvgIpc) is 3.23. The number of anilines is 1. The number of carboxylic acid groups (broad SMARTS) is 2. The number of carbonyl (C=O) groups is 4. The van der Waals surface area contributed by atoms with Crippen LogP contribution in [-0.2, 0) is 30.6 Å². The Balaban J connectivity index is 1.56. The van der Waals surface area contributed by atoms with E-state index in [0.717, 1.165) is 16.2 Å². The molecule has 3 atom stereocenters. The van der Waals surface area contributed by atoms with E-state index in [4.69, 9.17) is 32.0 Å². The lowest BCUT2D eigenvalue weighted by molar-refractivity contribution is -0.689. The summed E-state index contributed by atoms with van der Waals surface area (Å²) < 4.78 is 6.90. The van der Waals surface area contributed by atoms with Gasteiger partial charge >= 0.3 is 5.97 Å². The monoisotopic (exact) mass is 596 g/mol. The van der Waals surface area contributed by atoms with Crippen LogP contribution in [0.2, 0.25) is 4.34 Å². The lowest BCUT2D eigenvalue weighted by Gasteiger charge is -2.50. The molecule has 4 rings (SSSR count). The fourth-order valence-corrected chi connectivity index (χ4v) is 6.04. The fourth-order valence-electron chi connectivity index (χ4n) is 3.77. The zero-order valence-corrected chi connectivity index (χ0v) is 22.7. The molecule has 1 fully saturated rings. The van der Waals surface area contributed by atoms with Gasteiger partial charge in [-0.25, -0.2) is 9.78 Å². The van der Waals surface area contributed by atoms with Crippen LogP contribution in [0.25, 0.3) is 0 Å². The molecule has 1 saturated heterocycles. The number of carboxylic acids is 2. The second-order valence-electron chi connectivity index (χ2n) is 8.22. The number of aliphatic carboxylic acids is 2. The Morgan fingerprint density at radius 1 is 1.46 bits per heavy atom. The third-order valence-corrected chi connectivity index (χ3v) is 8.08. The van der Waals surface area contributed by atoms with Crippen LogP contribution in [0, 0.1) is 0 Å². The highest BCUT2D eigenvalue weighted by atomic mass is 35.5. The molecule has 0 aromatic carbocycles. The molecular formula is C22H21ClN6O8S2. The molecule has 0 radical (unpaired) electrons. The number of pyridine rings is 1. The average molecular weight is 597 g/mol. The van der Waals surface area contributed by atoms with Gasteiger partial charge in [0.15, 0.2) is 29.3 Å². The normalized spacial score (nSPS) is 19.6. The highest BCUT2D eigenvalue weighted by molar-refractivity contribution is 8.00. The number of hydrogen-bond acceptors (Lipinski definition) is 12. The van der Waals surface area contributed by atoms with Gasteiger partial charge in [0, 0.05) is 17.4 Å². The largest absolute Gasteiger partial charge is 0.543 e. The van der Waals surface area contributed by atoms with Crippen LogP contribution >= 0.6 is 34.7 Å². The third kappa shape index (κ3) is 5.76. The van der Waals surface area contributed by atoms with Crippen LogP contribution in [0.3, 0.4) is 0 Å². The summed E-state index contributed by atoms with van der Waals surface area (Å²) in [5.74, 6) is -3.69. The summed E-state index contributed by atoms with van der Waals surface area (Å²) in [6, 6.07) is 2.35. The van der Waals surface area contributed by atoms with Gasteiger partial charge in [-0.3, -0.25) is 14.5 Å². The third-order valence-electron chi connectivity index (χ3n) is 5.66. The van der Waals surface area contributed by atoms with E-state index in [1.54, 1.807) is 29.1 Å². The predicted octanol–water partition coefficient (Wildman–Crippen LogP) is -1.03. The number of hydrogen-bond donors (Lipinski definition) is 3. The number of aromatic nitrogens is 2. The lowest BCUT2D eigenvalue weighted by Crippen LogP contribution is -2.71. The van der Waals surface area contributed by atoms with Gasteiger partial charge in [-0.15, -0.1) is 11.8 Å². The van der Waals surface area contributed by atoms with Crippen LogP contribution in [0.1, 0.15) is 12.6 Å². The molecule has 2 aliphatic rings. The molecular weight excluding hydrogens is 576 g/mol. The number of rotatable bonds is 10. The summed E-state index contributed by atoms with van der Waals surface area (Å²) >= 11 is 8.22. The molecule has 0 spiro atoms. The first-order chi connectivity index (χ1) is 18.5. The Labute approximate surface area is 234 Å². The van der Waals surface area contributed by atoms with Crippen LogP contribution in [-0.4, -0.2) is 74.8 Å². The number of thioether (sulfide) groups is 1. The predicted molar refractivity (Wildman–Crippen MR) is 137 cm³/mol. The quantitative estimate of drug-likeness (QED) is 0.131. The number of nitrogens with one attached hydrogen (secondary N) is 1. The molecule has 14 nitrogen and oxygen atoms in total. The molecule has 4 N–H and O–H groups in total. The molecule has 0 saturated carbocycles. The zero-order valence-electron chi connectivity index (χ0n) is 20.3. The summed E-state index contributed by atoms with van der Waals surface area (Å²) in [6.45, 7) is 1.36. The van der Waals surface area contributed by atoms with E-state index in [1.165, 1.54) is 25.8 Å². The van der Waals surface area contributed by atoms with Gasteiger partial charge in [-0.05, 0) is 13.0 Å². The Morgan fingerprint density at radius 2 is 2.21 bits per heavy atom. The Hall–Kier alpha value is -3.89. The molecule has 17 heteroatoms. The Morgan fingerprint density at radius 3 is 2.82 bits per heavy atom. The second kappa shape index (κ2) is 11.5. The minimum atomic E-state index is -1.53. The van der Waals surface area contributed by atoms with Gasteiger partial charge in [-0.1, -0.05) is 28.1 Å². The molecule has 206 valence electrons. The van der Waals surface area contributed by atoms with Crippen molar-refractivity contribution in [2.45, 2.75) is 31.0 Å². The van der Waals surface area contributed by atoms with Crippen LogP contribution in [0.15, 0.2) is 41.0 Å². The molecule has 0 bridgehead atoms. The smallest absolute Gasteiger partial charge is 0.347 e. The fraction of sp³-hybridized carbons (Fsp3) is 0.318. The van der Waals surface area contributed by atoms with E-state index in [9.17, 15) is 24.3 Å². The van der Waals surface area contributed by atoms with Crippen LogP contribution < -0.4 is 25.5 Å². The molecule has 2 aliphatic heterocycles. The maximum atomic E-state index is 13.2. The number of fused-ring (bicyclic) bond motifs is 1. The van der Waals surface area contributed by atoms with E-state index >= 15 is 0 Å². The van der Waals surface area contributed by atoms with Crippen LogP contribution in [0.5, 0.6) is 5.75 Å². The first kappa shape index (κ1) is 28.1. The second-order valence-corrected chi connectivity index (χ2v) is 11.0. The minimum absolute atomic E-state index is 0.0107. The first-order valence-corrected chi connectivity index (χ1v) is 13.4. The van der Waals surface area contributed by atoms with Crippen molar-refractivity contribution in [1.29, 1.82) is 0 Å². The van der Waals surface area contributed by atoms with Crippen molar-refractivity contribution in [2.75, 3.05) is 18.6 Å². The van der Waals surface area contributed by atoms with Crippen molar-refractivity contribution in [3.05, 3.63) is 45.8 Å². The van der Waals surface area contributed by atoms with Gasteiger partial charge < -0.3 is 35.6 Å². The number of nitrogens with two attached hydrogens (primary N) is 1. The maximum absolute atomic E-state index is 13.2. The molecule has 4 heterocycles. The highest BCUT2D eigenvalue weighted by Gasteiger charge is 2.53. The van der Waals surface area contributed by atoms with E-state index in [-0.39, 0.29) is 33.2 Å². The SMILES string of the molecule is COc1ccc[n+](CC2=C(C(=O)[O-])N3C(=O)[C@@H](NC(=O)/C(=N\O[C@@H](C)C(=O)O)c4nc(N)sc4Cl)[C@H]3SC2)c1. The van der Waals surface area contributed by atoms with Gasteiger partial charge in [0.05, 0.1) is 18.8 Å². The van der Waals surface area contributed by atoms with E-state index in [2.05, 4.69) is 15.5 Å². The number of thiazole rings is 1. The standard InChI is InChI=1S/C22H21ClN6O8S2/c1-9(20(32)33)37-27-13(12-16(23)39-22(24)26-12)17(30)25-14-18(31)29-15(21(34)35)10(8-38-19(14)29)6-28-5-3-4-11(7-28)36-2/h3-5,7,9,14,19H,6,8H2,1-2H3,(H4-,24,25,26,30,32,33,34,35)/b27-13-/t9-,14+,19+/m0/s1.